The van der Waals surface area contributed by atoms with Crippen molar-refractivity contribution >= 4 is 40.2 Å². The minimum Gasteiger partial charge on any atom is -0.377 e. The average molecular weight is 421 g/mol. The van der Waals surface area contributed by atoms with Gasteiger partial charge in [-0.05, 0) is 42.8 Å². The molecule has 0 aliphatic carbocycles. The Kier molecular flexibility index (Phi) is 4.84. The molecule has 1 aromatic carbocycles. The molecule has 7 nitrogen and oxygen atoms in total. The molecule has 3 aromatic heterocycles. The van der Waals surface area contributed by atoms with Crippen molar-refractivity contribution in [2.24, 2.45) is 4.99 Å². The van der Waals surface area contributed by atoms with Gasteiger partial charge in [0.2, 0.25) is 0 Å². The highest BCUT2D eigenvalue weighted by Gasteiger charge is 2.18. The number of nitrogens with one attached hydrogen (secondary N) is 1. The molecule has 1 aliphatic rings. The van der Waals surface area contributed by atoms with Crippen LogP contribution in [0.1, 0.15) is 23.5 Å². The predicted octanol–water partition coefficient (Wildman–Crippen LogP) is 3.92. The molecule has 0 bridgehead atoms. The lowest BCUT2D eigenvalue weighted by atomic mass is 10.2. The Balaban J connectivity index is 1.59. The topological polar surface area (TPSA) is 80.6 Å². The number of halogens is 1. The Bertz CT molecular complexity index is 1280. The minimum atomic E-state index is 0.231. The smallest absolute Gasteiger partial charge is 0.161 e. The molecule has 4 heterocycles. The summed E-state index contributed by atoms with van der Waals surface area (Å²) in [6.45, 7) is 3.89. The lowest BCUT2D eigenvalue weighted by Gasteiger charge is -2.21. The molecule has 1 N–H and O–H groups in total. The number of ether oxygens (including phenoxy) is 1. The first-order valence-corrected chi connectivity index (χ1v) is 10.2. The zero-order chi connectivity index (χ0) is 20.7. The van der Waals surface area contributed by atoms with Gasteiger partial charge in [-0.25, -0.2) is 0 Å². The summed E-state index contributed by atoms with van der Waals surface area (Å²) in [5.74, 6) is 0.820. The summed E-state index contributed by atoms with van der Waals surface area (Å²) in [5.41, 5.74) is 5.24. The fourth-order valence-electron chi connectivity index (χ4n) is 3.79. The van der Waals surface area contributed by atoms with Crippen LogP contribution in [0.3, 0.4) is 0 Å². The van der Waals surface area contributed by atoms with Gasteiger partial charge in [-0.1, -0.05) is 23.7 Å². The molecule has 1 fully saturated rings. The van der Waals surface area contributed by atoms with Crippen LogP contribution in [0, 0.1) is 12.3 Å². The third-order valence-electron chi connectivity index (χ3n) is 5.37. The van der Waals surface area contributed by atoms with Gasteiger partial charge in [-0.3, -0.25) is 9.39 Å². The van der Waals surface area contributed by atoms with Gasteiger partial charge in [0.05, 0.1) is 41.7 Å². The fourth-order valence-corrected chi connectivity index (χ4v) is 4.00. The average Bonchev–Trinajstić information content (AvgIpc) is 3.24. The maximum atomic E-state index is 8.75. The predicted molar refractivity (Wildman–Crippen MR) is 118 cm³/mol. The maximum absolute atomic E-state index is 8.75. The molecule has 0 saturated carbocycles. The zero-order valence-corrected chi connectivity index (χ0v) is 17.3. The Hall–Kier alpha value is -3.03. The van der Waals surface area contributed by atoms with Crippen molar-refractivity contribution in [1.82, 2.24) is 19.2 Å². The van der Waals surface area contributed by atoms with E-state index in [2.05, 4.69) is 19.8 Å². The quantitative estimate of drug-likeness (QED) is 0.480. The van der Waals surface area contributed by atoms with E-state index in [1.807, 2.05) is 60.0 Å². The SMILES string of the molecule is Cc1nnc2ccc3c(cc(C(=N)CC=NC4COC4)n3Cc3cccc(Cl)c3)n12. The Labute approximate surface area is 178 Å². The molecule has 0 atom stereocenters. The van der Waals surface area contributed by atoms with Crippen molar-refractivity contribution in [2.75, 3.05) is 13.2 Å². The van der Waals surface area contributed by atoms with Crippen LogP contribution >= 0.6 is 11.6 Å². The summed E-state index contributed by atoms with van der Waals surface area (Å²) in [6, 6.07) is 14.1. The number of benzene rings is 1. The van der Waals surface area contributed by atoms with E-state index in [0.29, 0.717) is 36.9 Å². The van der Waals surface area contributed by atoms with Crippen LogP contribution in [-0.4, -0.2) is 50.3 Å². The van der Waals surface area contributed by atoms with Crippen LogP contribution in [0.5, 0.6) is 0 Å². The lowest BCUT2D eigenvalue weighted by Crippen LogP contribution is -2.31. The second-order valence-corrected chi connectivity index (χ2v) is 7.93. The monoisotopic (exact) mass is 420 g/mol. The molecule has 0 unspecified atom stereocenters. The van der Waals surface area contributed by atoms with Crippen LogP contribution in [0.4, 0.5) is 0 Å². The van der Waals surface area contributed by atoms with Gasteiger partial charge < -0.3 is 14.7 Å². The normalized spacial score (nSPS) is 14.7. The van der Waals surface area contributed by atoms with Crippen molar-refractivity contribution in [2.45, 2.75) is 25.9 Å². The standard InChI is InChI=1S/C22H21ClN6O/c1-14-26-27-22-6-5-19-21(29(14)22)10-20(18(24)7-8-25-17-12-30-13-17)28(19)11-15-3-2-4-16(23)9-15/h2-6,8-10,17,24H,7,11-13H2,1H3. The van der Waals surface area contributed by atoms with E-state index in [0.717, 1.165) is 33.8 Å². The van der Waals surface area contributed by atoms with Gasteiger partial charge >= 0.3 is 0 Å². The zero-order valence-electron chi connectivity index (χ0n) is 16.5. The second kappa shape index (κ2) is 7.66. The van der Waals surface area contributed by atoms with E-state index in [1.54, 1.807) is 0 Å². The first kappa shape index (κ1) is 19.0. The van der Waals surface area contributed by atoms with E-state index in [-0.39, 0.29) is 6.04 Å². The lowest BCUT2D eigenvalue weighted by molar-refractivity contribution is 0.0135. The largest absolute Gasteiger partial charge is 0.377 e. The number of aromatic nitrogens is 4. The molecular formula is C22H21ClN6O. The van der Waals surface area contributed by atoms with E-state index in [1.165, 1.54) is 0 Å². The second-order valence-electron chi connectivity index (χ2n) is 7.50. The molecule has 152 valence electrons. The van der Waals surface area contributed by atoms with Gasteiger partial charge in [-0.2, -0.15) is 0 Å². The Morgan fingerprint density at radius 3 is 2.87 bits per heavy atom. The Morgan fingerprint density at radius 1 is 1.23 bits per heavy atom. The molecule has 5 rings (SSSR count). The van der Waals surface area contributed by atoms with Gasteiger partial charge in [0.25, 0.3) is 0 Å². The number of aryl methyl sites for hydroxylation is 1. The van der Waals surface area contributed by atoms with E-state index < -0.39 is 0 Å². The van der Waals surface area contributed by atoms with Crippen LogP contribution in [-0.2, 0) is 11.3 Å². The summed E-state index contributed by atoms with van der Waals surface area (Å²) in [5, 5.41) is 17.9. The summed E-state index contributed by atoms with van der Waals surface area (Å²) in [6.07, 6.45) is 2.29. The Morgan fingerprint density at radius 2 is 2.10 bits per heavy atom. The van der Waals surface area contributed by atoms with E-state index >= 15 is 0 Å². The van der Waals surface area contributed by atoms with Gasteiger partial charge in [-0.15, -0.1) is 10.2 Å². The highest BCUT2D eigenvalue weighted by Crippen LogP contribution is 2.25. The summed E-state index contributed by atoms with van der Waals surface area (Å²) < 4.78 is 9.34. The third kappa shape index (κ3) is 3.40. The molecule has 0 amide bonds. The number of aliphatic imine (C=N–C) groups is 1. The van der Waals surface area contributed by atoms with E-state index in [4.69, 9.17) is 21.7 Å². The van der Waals surface area contributed by atoms with Gasteiger partial charge in [0.1, 0.15) is 5.82 Å². The number of rotatable bonds is 6. The molecule has 30 heavy (non-hydrogen) atoms. The first-order valence-electron chi connectivity index (χ1n) is 9.86. The minimum absolute atomic E-state index is 0.231. The summed E-state index contributed by atoms with van der Waals surface area (Å²) in [4.78, 5) is 4.49. The van der Waals surface area contributed by atoms with Crippen LogP contribution in [0.2, 0.25) is 5.02 Å². The van der Waals surface area contributed by atoms with E-state index in [9.17, 15) is 0 Å². The number of nitrogens with zero attached hydrogens (tertiary/aromatic N) is 5. The number of fused-ring (bicyclic) bond motifs is 3. The first-order chi connectivity index (χ1) is 14.6. The molecule has 0 radical (unpaired) electrons. The maximum Gasteiger partial charge on any atom is 0.161 e. The van der Waals surface area contributed by atoms with Crippen molar-refractivity contribution in [3.8, 4) is 0 Å². The molecule has 4 aromatic rings. The summed E-state index contributed by atoms with van der Waals surface area (Å²) in [7, 11) is 0. The van der Waals surface area contributed by atoms with Crippen LogP contribution in [0.25, 0.3) is 16.7 Å². The van der Waals surface area contributed by atoms with Crippen molar-refractivity contribution in [3.63, 3.8) is 0 Å². The van der Waals surface area contributed by atoms with Crippen molar-refractivity contribution in [1.29, 1.82) is 5.41 Å². The number of pyridine rings is 1. The number of hydrogen-bond donors (Lipinski definition) is 1. The van der Waals surface area contributed by atoms with Crippen molar-refractivity contribution < 1.29 is 4.74 Å². The molecule has 1 saturated heterocycles. The molecular weight excluding hydrogens is 400 g/mol. The molecule has 8 heteroatoms. The third-order valence-corrected chi connectivity index (χ3v) is 5.60. The number of hydrogen-bond acceptors (Lipinski definition) is 5. The fraction of sp³-hybridized carbons (Fsp3) is 0.273. The summed E-state index contributed by atoms with van der Waals surface area (Å²) >= 11 is 6.21. The van der Waals surface area contributed by atoms with Crippen molar-refractivity contribution in [3.05, 3.63) is 64.6 Å². The van der Waals surface area contributed by atoms with Crippen LogP contribution < -0.4 is 0 Å². The van der Waals surface area contributed by atoms with Gasteiger partial charge in [0.15, 0.2) is 5.65 Å². The molecule has 0 spiro atoms. The molecule has 1 aliphatic heterocycles. The van der Waals surface area contributed by atoms with Gasteiger partial charge in [0, 0.05) is 24.2 Å². The highest BCUT2D eigenvalue weighted by molar-refractivity contribution is 6.30. The highest BCUT2D eigenvalue weighted by atomic mass is 35.5. The van der Waals surface area contributed by atoms with Crippen LogP contribution in [0.15, 0.2) is 47.5 Å².